The highest BCUT2D eigenvalue weighted by Gasteiger charge is 2.60. The van der Waals surface area contributed by atoms with E-state index < -0.39 is 0 Å². The van der Waals surface area contributed by atoms with Gasteiger partial charge in [0.05, 0.1) is 5.71 Å². The van der Waals surface area contributed by atoms with E-state index in [1.807, 2.05) is 0 Å². The van der Waals surface area contributed by atoms with E-state index in [1.54, 1.807) is 0 Å². The van der Waals surface area contributed by atoms with Crippen LogP contribution in [0.1, 0.15) is 91.4 Å². The molecule has 0 aromatic rings. The number of hydrogen-bond donors (Lipinski definition) is 1. The van der Waals surface area contributed by atoms with Gasteiger partial charge in [0.25, 0.3) is 0 Å². The first-order valence-corrected chi connectivity index (χ1v) is 12.4. The molecule has 0 saturated heterocycles. The van der Waals surface area contributed by atoms with Crippen LogP contribution in [0.2, 0.25) is 0 Å². The third-order valence-corrected chi connectivity index (χ3v) is 9.49. The summed E-state index contributed by atoms with van der Waals surface area (Å²) in [6.07, 6.45) is 12.8. The van der Waals surface area contributed by atoms with Crippen molar-refractivity contribution in [3.05, 3.63) is 0 Å². The van der Waals surface area contributed by atoms with Gasteiger partial charge in [0.1, 0.15) is 12.4 Å². The van der Waals surface area contributed by atoms with Crippen molar-refractivity contribution >= 4 is 11.5 Å². The van der Waals surface area contributed by atoms with Gasteiger partial charge in [0.15, 0.2) is 0 Å². The van der Waals surface area contributed by atoms with E-state index in [2.05, 4.69) is 31.2 Å². The maximum Gasteiger partial charge on any atom is 0.139 e. The third kappa shape index (κ3) is 3.91. The molecule has 4 saturated carbocycles. The van der Waals surface area contributed by atoms with Crippen molar-refractivity contribution in [1.82, 2.24) is 5.32 Å². The second-order valence-electron chi connectivity index (χ2n) is 10.8. The number of ketones is 1. The molecule has 164 valence electrons. The maximum absolute atomic E-state index is 12.6. The second-order valence-corrected chi connectivity index (χ2v) is 10.8. The van der Waals surface area contributed by atoms with Crippen molar-refractivity contribution in [2.75, 3.05) is 19.7 Å². The minimum atomic E-state index is 0.00609. The number of rotatable bonds is 7. The number of carbonyl (C=O) groups is 1. The lowest BCUT2D eigenvalue weighted by atomic mass is 9.45. The van der Waals surface area contributed by atoms with Crippen molar-refractivity contribution in [2.24, 2.45) is 39.7 Å². The van der Waals surface area contributed by atoms with Crippen molar-refractivity contribution in [3.63, 3.8) is 0 Å². The number of nitrogens with zero attached hydrogens (tertiary/aromatic N) is 1. The minimum Gasteiger partial charge on any atom is -0.396 e. The average Bonchev–Trinajstić information content (AvgIpc) is 3.02. The Morgan fingerprint density at radius 3 is 2.76 bits per heavy atom. The fraction of sp³-hybridized carbons (Fsp3) is 0.920. The van der Waals surface area contributed by atoms with Gasteiger partial charge in [-0.05, 0) is 106 Å². The summed E-state index contributed by atoms with van der Waals surface area (Å²) in [7, 11) is 0. The van der Waals surface area contributed by atoms with Gasteiger partial charge in [-0.3, -0.25) is 4.79 Å². The third-order valence-electron chi connectivity index (χ3n) is 9.49. The molecule has 4 aliphatic carbocycles. The zero-order chi connectivity index (χ0) is 20.5. The van der Waals surface area contributed by atoms with E-state index in [1.165, 1.54) is 31.4 Å². The van der Waals surface area contributed by atoms with E-state index in [4.69, 9.17) is 4.84 Å². The normalized spacial score (nSPS) is 43.0. The van der Waals surface area contributed by atoms with Crippen LogP contribution in [0.5, 0.6) is 0 Å². The smallest absolute Gasteiger partial charge is 0.139 e. The van der Waals surface area contributed by atoms with E-state index >= 15 is 0 Å². The lowest BCUT2D eigenvalue weighted by molar-refractivity contribution is -0.137. The van der Waals surface area contributed by atoms with Gasteiger partial charge in [0, 0.05) is 11.8 Å². The molecule has 1 N–H and O–H groups in total. The van der Waals surface area contributed by atoms with Crippen LogP contribution >= 0.6 is 0 Å². The number of Topliss-reactive ketones (excluding diaryl/α,β-unsaturated/α-hetero) is 1. The number of nitrogens with one attached hydrogen (secondary N) is 1. The molecule has 4 nitrogen and oxygen atoms in total. The topological polar surface area (TPSA) is 50.7 Å². The molecule has 4 rings (SSSR count). The lowest BCUT2D eigenvalue weighted by Gasteiger charge is -2.59. The first-order chi connectivity index (χ1) is 14.0. The molecule has 0 amide bonds. The first kappa shape index (κ1) is 21.3. The average molecular weight is 403 g/mol. The van der Waals surface area contributed by atoms with Crippen LogP contribution in [0.15, 0.2) is 5.16 Å². The summed E-state index contributed by atoms with van der Waals surface area (Å²) in [6, 6.07) is 0. The van der Waals surface area contributed by atoms with Gasteiger partial charge in [-0.15, -0.1) is 0 Å². The Morgan fingerprint density at radius 2 is 1.93 bits per heavy atom. The molecule has 0 heterocycles. The van der Waals surface area contributed by atoms with Gasteiger partial charge in [-0.2, -0.15) is 0 Å². The zero-order valence-electron chi connectivity index (χ0n) is 19.0. The molecular formula is C25H42N2O2. The summed E-state index contributed by atoms with van der Waals surface area (Å²) in [6.45, 7) is 9.87. The Bertz CT molecular complexity index is 632. The Balaban J connectivity index is 1.33. The lowest BCUT2D eigenvalue weighted by Crippen LogP contribution is -2.53. The van der Waals surface area contributed by atoms with E-state index in [0.29, 0.717) is 17.1 Å². The van der Waals surface area contributed by atoms with E-state index in [0.717, 1.165) is 82.4 Å². The van der Waals surface area contributed by atoms with Gasteiger partial charge in [-0.25, -0.2) is 0 Å². The molecule has 4 unspecified atom stereocenters. The van der Waals surface area contributed by atoms with E-state index in [-0.39, 0.29) is 5.41 Å². The molecule has 0 aliphatic heterocycles. The predicted molar refractivity (Wildman–Crippen MR) is 118 cm³/mol. The van der Waals surface area contributed by atoms with Crippen LogP contribution in [-0.4, -0.2) is 31.2 Å². The number of hydrogen-bond acceptors (Lipinski definition) is 4. The summed E-state index contributed by atoms with van der Waals surface area (Å²) in [5.74, 6) is 3.59. The molecule has 0 bridgehead atoms. The molecular weight excluding hydrogens is 360 g/mol. The Hall–Kier alpha value is -0.900. The van der Waals surface area contributed by atoms with Crippen LogP contribution in [0.3, 0.4) is 0 Å². The van der Waals surface area contributed by atoms with Crippen molar-refractivity contribution in [2.45, 2.75) is 91.4 Å². The summed E-state index contributed by atoms with van der Waals surface area (Å²) >= 11 is 0. The molecule has 0 aromatic heterocycles. The van der Waals surface area contributed by atoms with Crippen molar-refractivity contribution < 1.29 is 9.63 Å². The SMILES string of the molecule is CCNCCCCO/N=C1/CC[C@@]2(C)C(CCC3C2CC[C@]2(C)C(=O)CCC32)C1. The largest absolute Gasteiger partial charge is 0.396 e. The highest BCUT2D eigenvalue weighted by atomic mass is 16.6. The fourth-order valence-corrected chi connectivity index (χ4v) is 7.64. The summed E-state index contributed by atoms with van der Waals surface area (Å²) < 4.78 is 0. The monoisotopic (exact) mass is 402 g/mol. The standard InChI is InChI=1S/C25H42N2O2/c1-4-26-15-5-6-16-29-27-19-11-13-24(2)18(17-19)7-8-20-21-9-10-23(28)25(21,3)14-12-22(20)24/h18,20-22,26H,4-17H2,1-3H3/b27-19-/t18?,20?,21?,22?,24-,25-/m0/s1. The number of unbranched alkanes of at least 4 members (excludes halogenated alkanes) is 1. The molecule has 0 aromatic carbocycles. The zero-order valence-corrected chi connectivity index (χ0v) is 19.0. The first-order valence-electron chi connectivity index (χ1n) is 12.4. The Kier molecular flexibility index (Phi) is 6.39. The molecule has 0 spiro atoms. The summed E-state index contributed by atoms with van der Waals surface area (Å²) in [5, 5.41) is 7.91. The number of oxime groups is 1. The fourth-order valence-electron chi connectivity index (χ4n) is 7.64. The second kappa shape index (κ2) is 8.69. The minimum absolute atomic E-state index is 0.00609. The van der Waals surface area contributed by atoms with Crippen LogP contribution in [0.25, 0.3) is 0 Å². The van der Waals surface area contributed by atoms with Crippen LogP contribution in [0, 0.1) is 34.5 Å². The molecule has 4 heteroatoms. The Morgan fingerprint density at radius 1 is 1.07 bits per heavy atom. The van der Waals surface area contributed by atoms with Gasteiger partial charge < -0.3 is 10.2 Å². The van der Waals surface area contributed by atoms with Crippen LogP contribution < -0.4 is 5.32 Å². The highest BCUT2D eigenvalue weighted by Crippen LogP contribution is 2.65. The van der Waals surface area contributed by atoms with Gasteiger partial charge >= 0.3 is 0 Å². The van der Waals surface area contributed by atoms with Crippen LogP contribution in [0.4, 0.5) is 0 Å². The van der Waals surface area contributed by atoms with Gasteiger partial charge in [0.2, 0.25) is 0 Å². The maximum atomic E-state index is 12.6. The Labute approximate surface area is 177 Å². The molecule has 4 fully saturated rings. The quantitative estimate of drug-likeness (QED) is 0.461. The van der Waals surface area contributed by atoms with Crippen LogP contribution in [-0.2, 0) is 9.63 Å². The number of carbonyl (C=O) groups excluding carboxylic acids is 1. The predicted octanol–water partition coefficient (Wildman–Crippen LogP) is 5.36. The molecule has 6 atom stereocenters. The summed E-state index contributed by atoms with van der Waals surface area (Å²) in [4.78, 5) is 18.3. The molecule has 4 aliphatic rings. The number of fused-ring (bicyclic) bond motifs is 5. The van der Waals surface area contributed by atoms with Gasteiger partial charge in [-0.1, -0.05) is 25.9 Å². The molecule has 0 radical (unpaired) electrons. The van der Waals surface area contributed by atoms with Crippen molar-refractivity contribution in [3.8, 4) is 0 Å². The molecule has 29 heavy (non-hydrogen) atoms. The summed E-state index contributed by atoms with van der Waals surface area (Å²) in [5.41, 5.74) is 1.75. The highest BCUT2D eigenvalue weighted by molar-refractivity contribution is 5.87. The van der Waals surface area contributed by atoms with Crippen molar-refractivity contribution in [1.29, 1.82) is 0 Å². The van der Waals surface area contributed by atoms with E-state index in [9.17, 15) is 4.79 Å².